The number of aromatic hydroxyl groups is 1. The predicted molar refractivity (Wildman–Crippen MR) is 72.2 cm³/mol. The summed E-state index contributed by atoms with van der Waals surface area (Å²) >= 11 is 0. The number of piperazine rings is 1. The van der Waals surface area contributed by atoms with Gasteiger partial charge in [-0.05, 0) is 6.07 Å². The van der Waals surface area contributed by atoms with Crippen LogP contribution in [0.4, 0.5) is 5.69 Å². The molecule has 1 saturated heterocycles. The Labute approximate surface area is 116 Å². The molecule has 0 bridgehead atoms. The molecule has 2 rings (SSSR count). The maximum atomic E-state index is 10.9. The molecule has 0 saturated carbocycles. The third-order valence-corrected chi connectivity index (χ3v) is 3.46. The molecule has 1 aliphatic rings. The zero-order valence-corrected chi connectivity index (χ0v) is 11.0. The van der Waals surface area contributed by atoms with Crippen LogP contribution in [0, 0.1) is 21.4 Å². The standard InChI is InChI=1S/C13H16N4O3/c14-4-3-12(16-7-5-15-6-8-16)11-9-10(17(19)20)1-2-13(11)18/h1-2,9,12,15,18H,3,5-8H2/t12-/m0/s1. The van der Waals surface area contributed by atoms with Crippen molar-refractivity contribution in [3.63, 3.8) is 0 Å². The molecular formula is C13H16N4O3. The van der Waals surface area contributed by atoms with Gasteiger partial charge in [-0.25, -0.2) is 0 Å². The fraction of sp³-hybridized carbons (Fsp3) is 0.462. The first-order chi connectivity index (χ1) is 9.63. The van der Waals surface area contributed by atoms with Gasteiger partial charge in [-0.2, -0.15) is 5.26 Å². The lowest BCUT2D eigenvalue weighted by Gasteiger charge is -2.34. The van der Waals surface area contributed by atoms with Crippen molar-refractivity contribution in [1.82, 2.24) is 10.2 Å². The molecule has 0 radical (unpaired) electrons. The number of phenolic OH excluding ortho intramolecular Hbond substituents is 1. The Hall–Kier alpha value is -2.17. The molecule has 1 heterocycles. The molecule has 1 atom stereocenters. The first kappa shape index (κ1) is 14.2. The molecule has 7 nitrogen and oxygen atoms in total. The molecular weight excluding hydrogens is 260 g/mol. The fourth-order valence-electron chi connectivity index (χ4n) is 2.44. The first-order valence-electron chi connectivity index (χ1n) is 6.42. The SMILES string of the molecule is N#CC[C@@H](c1cc([N+](=O)[O-])ccc1O)N1CCNCC1. The van der Waals surface area contributed by atoms with E-state index in [4.69, 9.17) is 5.26 Å². The van der Waals surface area contributed by atoms with Gasteiger partial charge in [-0.15, -0.1) is 0 Å². The van der Waals surface area contributed by atoms with Crippen molar-refractivity contribution >= 4 is 5.69 Å². The summed E-state index contributed by atoms with van der Waals surface area (Å²) in [6.45, 7) is 3.10. The lowest BCUT2D eigenvalue weighted by molar-refractivity contribution is -0.385. The molecule has 2 N–H and O–H groups in total. The number of non-ortho nitro benzene ring substituents is 1. The molecule has 1 fully saturated rings. The highest BCUT2D eigenvalue weighted by atomic mass is 16.6. The van der Waals surface area contributed by atoms with Crippen molar-refractivity contribution in [2.45, 2.75) is 12.5 Å². The summed E-state index contributed by atoms with van der Waals surface area (Å²) in [6, 6.07) is 5.72. The maximum Gasteiger partial charge on any atom is 0.270 e. The molecule has 0 aliphatic carbocycles. The van der Waals surface area contributed by atoms with Crippen molar-refractivity contribution in [1.29, 1.82) is 5.26 Å². The normalized spacial score (nSPS) is 17.4. The monoisotopic (exact) mass is 276 g/mol. The molecule has 7 heteroatoms. The van der Waals surface area contributed by atoms with Gasteiger partial charge in [-0.1, -0.05) is 0 Å². The minimum atomic E-state index is -0.496. The number of nitro groups is 1. The van der Waals surface area contributed by atoms with Crippen LogP contribution in [0.1, 0.15) is 18.0 Å². The Kier molecular flexibility index (Phi) is 4.50. The van der Waals surface area contributed by atoms with Crippen LogP contribution in [0.3, 0.4) is 0 Å². The van der Waals surface area contributed by atoms with E-state index in [-0.39, 0.29) is 23.9 Å². The highest BCUT2D eigenvalue weighted by Gasteiger charge is 2.26. The quantitative estimate of drug-likeness (QED) is 0.632. The molecule has 20 heavy (non-hydrogen) atoms. The summed E-state index contributed by atoms with van der Waals surface area (Å²) in [7, 11) is 0. The second-order valence-electron chi connectivity index (χ2n) is 4.66. The van der Waals surface area contributed by atoms with E-state index in [1.165, 1.54) is 18.2 Å². The van der Waals surface area contributed by atoms with Crippen LogP contribution in [-0.4, -0.2) is 41.1 Å². The zero-order valence-electron chi connectivity index (χ0n) is 11.0. The van der Waals surface area contributed by atoms with Crippen LogP contribution in [0.5, 0.6) is 5.75 Å². The second kappa shape index (κ2) is 6.32. The summed E-state index contributed by atoms with van der Waals surface area (Å²) in [4.78, 5) is 12.4. The first-order valence-corrected chi connectivity index (χ1v) is 6.42. The van der Waals surface area contributed by atoms with Gasteiger partial charge in [-0.3, -0.25) is 15.0 Å². The number of nitriles is 1. The second-order valence-corrected chi connectivity index (χ2v) is 4.66. The molecule has 1 aliphatic heterocycles. The number of phenols is 1. The van der Waals surface area contributed by atoms with E-state index in [2.05, 4.69) is 16.3 Å². The molecule has 0 spiro atoms. The van der Waals surface area contributed by atoms with Crippen molar-refractivity contribution < 1.29 is 10.0 Å². The summed E-state index contributed by atoms with van der Waals surface area (Å²) in [6.07, 6.45) is 0.189. The highest BCUT2D eigenvalue weighted by molar-refractivity contribution is 5.45. The molecule has 1 aromatic carbocycles. The average Bonchev–Trinajstić information content (AvgIpc) is 2.46. The van der Waals surface area contributed by atoms with Crippen molar-refractivity contribution in [3.8, 4) is 11.8 Å². The molecule has 0 aromatic heterocycles. The van der Waals surface area contributed by atoms with E-state index in [0.29, 0.717) is 5.56 Å². The van der Waals surface area contributed by atoms with Gasteiger partial charge in [0.1, 0.15) is 5.75 Å². The van der Waals surface area contributed by atoms with E-state index in [9.17, 15) is 15.2 Å². The van der Waals surface area contributed by atoms with Crippen LogP contribution >= 0.6 is 0 Å². The highest BCUT2D eigenvalue weighted by Crippen LogP contribution is 2.33. The van der Waals surface area contributed by atoms with Gasteiger partial charge in [0.15, 0.2) is 0 Å². The smallest absolute Gasteiger partial charge is 0.270 e. The number of nitrogens with one attached hydrogen (secondary N) is 1. The van der Waals surface area contributed by atoms with Crippen LogP contribution in [0.25, 0.3) is 0 Å². The number of hydrogen-bond acceptors (Lipinski definition) is 6. The fourth-order valence-corrected chi connectivity index (χ4v) is 2.44. The van der Waals surface area contributed by atoms with Gasteiger partial charge in [0.2, 0.25) is 0 Å². The van der Waals surface area contributed by atoms with Crippen LogP contribution in [0.2, 0.25) is 0 Å². The zero-order chi connectivity index (χ0) is 14.5. The number of hydrogen-bond donors (Lipinski definition) is 2. The van der Waals surface area contributed by atoms with Gasteiger partial charge in [0, 0.05) is 43.9 Å². The number of rotatable bonds is 4. The van der Waals surface area contributed by atoms with Crippen molar-refractivity contribution in [2.75, 3.05) is 26.2 Å². The van der Waals surface area contributed by atoms with Crippen molar-refractivity contribution in [2.24, 2.45) is 0 Å². The predicted octanol–water partition coefficient (Wildman–Crippen LogP) is 1.16. The van der Waals surface area contributed by atoms with E-state index in [1.54, 1.807) is 0 Å². The van der Waals surface area contributed by atoms with E-state index in [0.717, 1.165) is 26.2 Å². The number of benzene rings is 1. The third-order valence-electron chi connectivity index (χ3n) is 3.46. The minimum Gasteiger partial charge on any atom is -0.508 e. The molecule has 106 valence electrons. The molecule has 0 unspecified atom stereocenters. The Balaban J connectivity index is 2.35. The van der Waals surface area contributed by atoms with Gasteiger partial charge < -0.3 is 10.4 Å². The van der Waals surface area contributed by atoms with Crippen molar-refractivity contribution in [3.05, 3.63) is 33.9 Å². The Morgan fingerprint density at radius 2 is 2.20 bits per heavy atom. The summed E-state index contributed by atoms with van der Waals surface area (Å²) in [5, 5.41) is 33.0. The summed E-state index contributed by atoms with van der Waals surface area (Å²) < 4.78 is 0. The lowest BCUT2D eigenvalue weighted by Crippen LogP contribution is -2.45. The summed E-state index contributed by atoms with van der Waals surface area (Å²) in [5.74, 6) is -0.00520. The minimum absolute atomic E-state index is 0.00520. The average molecular weight is 276 g/mol. The van der Waals surface area contributed by atoms with Gasteiger partial charge in [0.05, 0.1) is 23.5 Å². The van der Waals surface area contributed by atoms with Crippen LogP contribution in [-0.2, 0) is 0 Å². The topological polar surface area (TPSA) is 102 Å². The largest absolute Gasteiger partial charge is 0.508 e. The Morgan fingerprint density at radius 3 is 2.80 bits per heavy atom. The van der Waals surface area contributed by atoms with Gasteiger partial charge in [0.25, 0.3) is 5.69 Å². The molecule has 0 amide bonds. The van der Waals surface area contributed by atoms with E-state index >= 15 is 0 Å². The van der Waals surface area contributed by atoms with E-state index in [1.807, 2.05) is 0 Å². The summed E-state index contributed by atoms with van der Waals surface area (Å²) in [5.41, 5.74) is 0.374. The van der Waals surface area contributed by atoms with Gasteiger partial charge >= 0.3 is 0 Å². The third kappa shape index (κ3) is 3.04. The Morgan fingerprint density at radius 1 is 1.50 bits per heavy atom. The lowest BCUT2D eigenvalue weighted by atomic mass is 10.00. The maximum absolute atomic E-state index is 10.9. The van der Waals surface area contributed by atoms with E-state index < -0.39 is 4.92 Å². The number of nitro benzene ring substituents is 1. The Bertz CT molecular complexity index is 535. The van der Waals surface area contributed by atoms with Crippen LogP contribution in [0.15, 0.2) is 18.2 Å². The van der Waals surface area contributed by atoms with Crippen LogP contribution < -0.4 is 5.32 Å². The molecule has 1 aromatic rings. The number of nitrogens with zero attached hydrogens (tertiary/aromatic N) is 3.